The maximum atomic E-state index is 5.68. The van der Waals surface area contributed by atoms with Crippen LogP contribution >= 0.6 is 0 Å². The van der Waals surface area contributed by atoms with Crippen LogP contribution in [0.15, 0.2) is 18.2 Å². The number of aryl methyl sites for hydroxylation is 2. The number of nitrogens with two attached hydrogens (primary N) is 1. The second-order valence-electron chi connectivity index (χ2n) is 5.40. The summed E-state index contributed by atoms with van der Waals surface area (Å²) in [7, 11) is 0. The van der Waals surface area contributed by atoms with E-state index in [0.717, 1.165) is 12.3 Å². The quantitative estimate of drug-likeness (QED) is 0.582. The summed E-state index contributed by atoms with van der Waals surface area (Å²) < 4.78 is 0. The minimum Gasteiger partial charge on any atom is -0.271 e. The van der Waals surface area contributed by atoms with Crippen LogP contribution in [-0.2, 0) is 0 Å². The van der Waals surface area contributed by atoms with Gasteiger partial charge in [-0.15, -0.1) is 0 Å². The summed E-state index contributed by atoms with van der Waals surface area (Å²) in [5.74, 6) is 6.45. The fourth-order valence-corrected chi connectivity index (χ4v) is 2.28. The van der Waals surface area contributed by atoms with E-state index in [4.69, 9.17) is 5.84 Å². The third-order valence-corrected chi connectivity index (χ3v) is 3.28. The standard InChI is InChI=1S/C15H26N2/c1-11(2)6-5-7-15(17-16)14-9-8-12(3)10-13(14)4/h8-11,15,17H,5-7,16H2,1-4H3. The molecule has 1 rings (SSSR count). The minimum atomic E-state index is 0.286. The van der Waals surface area contributed by atoms with E-state index in [0.29, 0.717) is 0 Å². The molecular formula is C15H26N2. The normalized spacial score (nSPS) is 13.1. The van der Waals surface area contributed by atoms with E-state index in [-0.39, 0.29) is 6.04 Å². The first kappa shape index (κ1) is 14.2. The average Bonchev–Trinajstić information content (AvgIpc) is 2.25. The number of hydrazine groups is 1. The van der Waals surface area contributed by atoms with Gasteiger partial charge in [0.15, 0.2) is 0 Å². The zero-order valence-corrected chi connectivity index (χ0v) is 11.6. The van der Waals surface area contributed by atoms with Gasteiger partial charge in [0.1, 0.15) is 0 Å². The second-order valence-corrected chi connectivity index (χ2v) is 5.40. The molecule has 0 aliphatic rings. The molecule has 0 saturated heterocycles. The van der Waals surface area contributed by atoms with E-state index < -0.39 is 0 Å². The Hall–Kier alpha value is -0.860. The molecule has 0 amide bonds. The SMILES string of the molecule is Cc1ccc(C(CCCC(C)C)NN)c(C)c1. The highest BCUT2D eigenvalue weighted by Gasteiger charge is 2.12. The molecule has 0 bridgehead atoms. The fraction of sp³-hybridized carbons (Fsp3) is 0.600. The van der Waals surface area contributed by atoms with Crippen molar-refractivity contribution in [1.82, 2.24) is 5.43 Å². The minimum absolute atomic E-state index is 0.286. The highest BCUT2D eigenvalue weighted by atomic mass is 15.2. The van der Waals surface area contributed by atoms with Crippen LogP contribution < -0.4 is 11.3 Å². The zero-order valence-electron chi connectivity index (χ0n) is 11.6. The molecule has 1 aromatic rings. The molecule has 0 fully saturated rings. The van der Waals surface area contributed by atoms with Crippen molar-refractivity contribution in [3.63, 3.8) is 0 Å². The predicted octanol–water partition coefficient (Wildman–Crippen LogP) is 3.63. The van der Waals surface area contributed by atoms with Gasteiger partial charge in [-0.1, -0.05) is 50.5 Å². The molecule has 0 spiro atoms. The first-order valence-corrected chi connectivity index (χ1v) is 6.58. The molecule has 1 atom stereocenters. The summed E-state index contributed by atoms with van der Waals surface area (Å²) >= 11 is 0. The van der Waals surface area contributed by atoms with Crippen molar-refractivity contribution in [2.75, 3.05) is 0 Å². The van der Waals surface area contributed by atoms with Gasteiger partial charge < -0.3 is 0 Å². The summed E-state index contributed by atoms with van der Waals surface area (Å²) in [4.78, 5) is 0. The molecule has 96 valence electrons. The molecule has 0 heterocycles. The molecule has 0 saturated carbocycles. The van der Waals surface area contributed by atoms with Crippen molar-refractivity contribution in [1.29, 1.82) is 0 Å². The van der Waals surface area contributed by atoms with Gasteiger partial charge in [-0.25, -0.2) is 0 Å². The summed E-state index contributed by atoms with van der Waals surface area (Å²) in [6.07, 6.45) is 3.60. The van der Waals surface area contributed by atoms with E-state index in [1.54, 1.807) is 0 Å². The van der Waals surface area contributed by atoms with Crippen molar-refractivity contribution in [3.8, 4) is 0 Å². The molecule has 0 aliphatic carbocycles. The van der Waals surface area contributed by atoms with Crippen LogP contribution in [0.3, 0.4) is 0 Å². The van der Waals surface area contributed by atoms with E-state index >= 15 is 0 Å². The number of hydrogen-bond acceptors (Lipinski definition) is 2. The Morgan fingerprint density at radius 2 is 1.88 bits per heavy atom. The maximum absolute atomic E-state index is 5.68. The lowest BCUT2D eigenvalue weighted by molar-refractivity contribution is 0.454. The van der Waals surface area contributed by atoms with Gasteiger partial charge in [-0.05, 0) is 37.3 Å². The third-order valence-electron chi connectivity index (χ3n) is 3.28. The van der Waals surface area contributed by atoms with Crippen LogP contribution in [0.4, 0.5) is 0 Å². The number of hydrogen-bond donors (Lipinski definition) is 2. The van der Waals surface area contributed by atoms with E-state index in [1.807, 2.05) is 0 Å². The lowest BCUT2D eigenvalue weighted by atomic mass is 9.94. The molecule has 1 unspecified atom stereocenters. The molecule has 0 aliphatic heterocycles. The predicted molar refractivity (Wildman–Crippen MR) is 74.7 cm³/mol. The van der Waals surface area contributed by atoms with Gasteiger partial charge in [-0.3, -0.25) is 11.3 Å². The molecule has 2 nitrogen and oxygen atoms in total. The monoisotopic (exact) mass is 234 g/mol. The van der Waals surface area contributed by atoms with Crippen LogP contribution in [0, 0.1) is 19.8 Å². The largest absolute Gasteiger partial charge is 0.271 e. The first-order chi connectivity index (χ1) is 8.04. The van der Waals surface area contributed by atoms with Gasteiger partial charge in [0.25, 0.3) is 0 Å². The van der Waals surface area contributed by atoms with E-state index in [2.05, 4.69) is 51.3 Å². The average molecular weight is 234 g/mol. The topological polar surface area (TPSA) is 38.0 Å². The van der Waals surface area contributed by atoms with Crippen LogP contribution in [0.2, 0.25) is 0 Å². The molecule has 1 aromatic carbocycles. The fourth-order valence-electron chi connectivity index (χ4n) is 2.28. The molecule has 17 heavy (non-hydrogen) atoms. The van der Waals surface area contributed by atoms with Gasteiger partial charge in [-0.2, -0.15) is 0 Å². The van der Waals surface area contributed by atoms with Gasteiger partial charge >= 0.3 is 0 Å². The van der Waals surface area contributed by atoms with Crippen LogP contribution in [-0.4, -0.2) is 0 Å². The maximum Gasteiger partial charge on any atom is 0.0462 e. The molecule has 0 radical (unpaired) electrons. The Kier molecular flexibility index (Phi) is 5.66. The molecule has 0 aromatic heterocycles. The Labute approximate surface area is 106 Å². The van der Waals surface area contributed by atoms with E-state index in [9.17, 15) is 0 Å². The lowest BCUT2D eigenvalue weighted by Gasteiger charge is -2.19. The Balaban J connectivity index is 2.66. The van der Waals surface area contributed by atoms with Gasteiger partial charge in [0, 0.05) is 6.04 Å². The number of nitrogens with one attached hydrogen (secondary N) is 1. The van der Waals surface area contributed by atoms with Gasteiger partial charge in [0.2, 0.25) is 0 Å². The van der Waals surface area contributed by atoms with Crippen molar-refractivity contribution in [2.24, 2.45) is 11.8 Å². The number of rotatable bonds is 6. The van der Waals surface area contributed by atoms with Crippen LogP contribution in [0.25, 0.3) is 0 Å². The first-order valence-electron chi connectivity index (χ1n) is 6.58. The lowest BCUT2D eigenvalue weighted by Crippen LogP contribution is -2.28. The van der Waals surface area contributed by atoms with Crippen molar-refractivity contribution >= 4 is 0 Å². The highest BCUT2D eigenvalue weighted by molar-refractivity contribution is 5.32. The summed E-state index contributed by atoms with van der Waals surface area (Å²) in [5, 5.41) is 0. The molecular weight excluding hydrogens is 208 g/mol. The molecule has 2 heteroatoms. The Morgan fingerprint density at radius 3 is 2.41 bits per heavy atom. The van der Waals surface area contributed by atoms with Gasteiger partial charge in [0.05, 0.1) is 0 Å². The molecule has 3 N–H and O–H groups in total. The number of benzene rings is 1. The summed E-state index contributed by atoms with van der Waals surface area (Å²) in [6.45, 7) is 8.82. The second kappa shape index (κ2) is 6.77. The van der Waals surface area contributed by atoms with Crippen molar-refractivity contribution < 1.29 is 0 Å². The van der Waals surface area contributed by atoms with Crippen LogP contribution in [0.1, 0.15) is 55.8 Å². The van der Waals surface area contributed by atoms with Crippen molar-refractivity contribution in [3.05, 3.63) is 34.9 Å². The Bertz CT molecular complexity index is 345. The smallest absolute Gasteiger partial charge is 0.0462 e. The third kappa shape index (κ3) is 4.49. The Morgan fingerprint density at radius 1 is 1.18 bits per heavy atom. The summed E-state index contributed by atoms with van der Waals surface area (Å²) in [6, 6.07) is 6.87. The van der Waals surface area contributed by atoms with Crippen molar-refractivity contribution in [2.45, 2.75) is 53.0 Å². The zero-order chi connectivity index (χ0) is 12.8. The highest BCUT2D eigenvalue weighted by Crippen LogP contribution is 2.23. The summed E-state index contributed by atoms with van der Waals surface area (Å²) in [5.41, 5.74) is 6.93. The van der Waals surface area contributed by atoms with Crippen LogP contribution in [0.5, 0.6) is 0 Å². The van der Waals surface area contributed by atoms with E-state index in [1.165, 1.54) is 29.5 Å².